The predicted octanol–water partition coefficient (Wildman–Crippen LogP) is -0.427. The molecule has 0 spiro atoms. The van der Waals surface area contributed by atoms with Gasteiger partial charge in [-0.2, -0.15) is 34.7 Å². The second-order valence-electron chi connectivity index (χ2n) is 6.84. The van der Waals surface area contributed by atoms with Crippen LogP contribution in [-0.2, 0) is 24.9 Å². The van der Waals surface area contributed by atoms with Gasteiger partial charge in [0.05, 0.1) is 20.6 Å². The zero-order chi connectivity index (χ0) is 23.5. The Labute approximate surface area is 163 Å². The molecule has 0 fully saturated rings. The molecule has 10 nitrogen and oxygen atoms in total. The summed E-state index contributed by atoms with van der Waals surface area (Å²) in [5, 5.41) is 12.1. The summed E-state index contributed by atoms with van der Waals surface area (Å²) in [6.07, 6.45) is -8.41. The molecular weight excluding hydrogens is 459 g/mol. The van der Waals surface area contributed by atoms with Gasteiger partial charge in [-0.1, -0.05) is 0 Å². The second-order valence-corrected chi connectivity index (χ2v) is 10.3. The number of likely N-dealkylation sites (N-methyl/N-ethyl adjacent to an activating group) is 1. The number of rotatable bonds is 12. The van der Waals surface area contributed by atoms with E-state index in [1.807, 2.05) is 0 Å². The van der Waals surface area contributed by atoms with E-state index in [0.29, 0.717) is 0 Å². The van der Waals surface area contributed by atoms with Gasteiger partial charge in [0, 0.05) is 13.0 Å². The minimum Gasteiger partial charge on any atom is -0.480 e. The first-order chi connectivity index (χ1) is 12.6. The molecule has 0 aliphatic heterocycles. The van der Waals surface area contributed by atoms with Crippen LogP contribution in [0.3, 0.4) is 0 Å². The number of halogens is 5. The normalized spacial score (nSPS) is 15.5. The molecule has 0 amide bonds. The minimum atomic E-state index is -6.46. The standard InChI is InChI=1S/C12H21F5N2O8S2/c1-19(2,7-9(20)8-28(23,24)25)5-3-4-18(6-10(21)22)29(26,27)12(16,17)11(13,14)15/h9,20H,3-8H2,1-2H3,(H-,21,22,23,24,25)/p+1. The Hall–Kier alpha value is -1.14. The Bertz CT molecular complexity index is 783. The van der Waals surface area contributed by atoms with Crippen molar-refractivity contribution in [1.29, 1.82) is 0 Å². The van der Waals surface area contributed by atoms with E-state index in [-0.39, 0.29) is 17.6 Å². The van der Waals surface area contributed by atoms with Crippen molar-refractivity contribution in [2.24, 2.45) is 0 Å². The van der Waals surface area contributed by atoms with Crippen molar-refractivity contribution < 1.29 is 62.8 Å². The van der Waals surface area contributed by atoms with E-state index in [2.05, 4.69) is 0 Å². The summed E-state index contributed by atoms with van der Waals surface area (Å²) in [7, 11) is -8.10. The Kier molecular flexibility index (Phi) is 8.97. The van der Waals surface area contributed by atoms with Gasteiger partial charge in [-0.3, -0.25) is 9.35 Å². The average molecular weight is 481 g/mol. The minimum absolute atomic E-state index is 0.161. The molecule has 0 aromatic rings. The first-order valence-corrected chi connectivity index (χ1v) is 10.8. The molecule has 0 aliphatic rings. The van der Waals surface area contributed by atoms with Crippen molar-refractivity contribution >= 4 is 26.1 Å². The third-order valence-electron chi connectivity index (χ3n) is 3.58. The average Bonchev–Trinajstić information content (AvgIpc) is 2.41. The van der Waals surface area contributed by atoms with Crippen LogP contribution in [-0.4, -0.2) is 110 Å². The summed E-state index contributed by atoms with van der Waals surface area (Å²) in [6, 6.07) is 0. The summed E-state index contributed by atoms with van der Waals surface area (Å²) in [5.74, 6) is -2.96. The van der Waals surface area contributed by atoms with Gasteiger partial charge in [0.1, 0.15) is 24.9 Å². The van der Waals surface area contributed by atoms with Crippen LogP contribution < -0.4 is 0 Å². The molecule has 0 heterocycles. The number of aliphatic hydroxyl groups excluding tert-OH is 1. The van der Waals surface area contributed by atoms with Crippen LogP contribution in [0.15, 0.2) is 0 Å². The van der Waals surface area contributed by atoms with Gasteiger partial charge in [0.25, 0.3) is 20.1 Å². The highest BCUT2D eigenvalue weighted by Gasteiger charge is 2.69. The van der Waals surface area contributed by atoms with E-state index < -0.39 is 73.2 Å². The number of nitrogens with zero attached hydrogens (tertiary/aromatic N) is 2. The van der Waals surface area contributed by atoms with Gasteiger partial charge in [-0.25, -0.2) is 8.42 Å². The summed E-state index contributed by atoms with van der Waals surface area (Å²) < 4.78 is 117. The molecule has 0 saturated carbocycles. The Balaban J connectivity index is 5.27. The predicted molar refractivity (Wildman–Crippen MR) is 88.0 cm³/mol. The van der Waals surface area contributed by atoms with E-state index in [9.17, 15) is 48.7 Å². The maximum Gasteiger partial charge on any atom is 0.470 e. The van der Waals surface area contributed by atoms with Gasteiger partial charge in [-0.05, 0) is 0 Å². The molecule has 3 N–H and O–H groups in total. The van der Waals surface area contributed by atoms with Gasteiger partial charge in [0.15, 0.2) is 0 Å². The first kappa shape index (κ1) is 27.9. The third-order valence-corrected chi connectivity index (χ3v) is 6.26. The van der Waals surface area contributed by atoms with E-state index >= 15 is 0 Å². The number of sulfonamides is 1. The lowest BCUT2D eigenvalue weighted by Gasteiger charge is -2.33. The number of alkyl halides is 5. The van der Waals surface area contributed by atoms with E-state index in [4.69, 9.17) is 9.66 Å². The summed E-state index contributed by atoms with van der Waals surface area (Å²) in [6.45, 7) is -3.10. The van der Waals surface area contributed by atoms with Gasteiger partial charge in [-0.15, -0.1) is 0 Å². The lowest BCUT2D eigenvalue weighted by Crippen LogP contribution is -2.53. The quantitative estimate of drug-likeness (QED) is 0.193. The maximum atomic E-state index is 13.3. The van der Waals surface area contributed by atoms with Crippen molar-refractivity contribution in [3.8, 4) is 0 Å². The number of carboxylic acid groups (broad SMARTS) is 1. The van der Waals surface area contributed by atoms with Crippen LogP contribution in [0.25, 0.3) is 0 Å². The fraction of sp³-hybridized carbons (Fsp3) is 0.917. The van der Waals surface area contributed by atoms with Crippen LogP contribution in [0.4, 0.5) is 22.0 Å². The Morgan fingerprint density at radius 1 is 1.10 bits per heavy atom. The topological polar surface area (TPSA) is 149 Å². The highest BCUT2D eigenvalue weighted by molar-refractivity contribution is 7.90. The molecule has 0 rings (SSSR count). The molecular formula is C12H22F5N2O8S2+. The molecule has 1 atom stereocenters. The van der Waals surface area contributed by atoms with Gasteiger partial charge in [0.2, 0.25) is 0 Å². The largest absolute Gasteiger partial charge is 0.480 e. The molecule has 17 heteroatoms. The molecule has 0 aromatic carbocycles. The van der Waals surface area contributed by atoms with Gasteiger partial charge < -0.3 is 14.7 Å². The van der Waals surface area contributed by atoms with Crippen molar-refractivity contribution in [3.05, 3.63) is 0 Å². The smallest absolute Gasteiger partial charge is 0.470 e. The van der Waals surface area contributed by atoms with Crippen LogP contribution in [0.2, 0.25) is 0 Å². The van der Waals surface area contributed by atoms with Crippen molar-refractivity contribution in [2.45, 2.75) is 24.0 Å². The number of hydrogen-bond donors (Lipinski definition) is 3. The molecule has 0 saturated heterocycles. The van der Waals surface area contributed by atoms with Crippen molar-refractivity contribution in [2.75, 3.05) is 46.0 Å². The van der Waals surface area contributed by atoms with Gasteiger partial charge >= 0.3 is 17.4 Å². The number of aliphatic carboxylic acids is 1. The molecule has 174 valence electrons. The number of carboxylic acids is 1. The van der Waals surface area contributed by atoms with E-state index in [0.717, 1.165) is 0 Å². The lowest BCUT2D eigenvalue weighted by atomic mass is 10.3. The zero-order valence-corrected chi connectivity index (χ0v) is 16.9. The van der Waals surface area contributed by atoms with E-state index in [1.165, 1.54) is 14.1 Å². The second kappa shape index (κ2) is 9.34. The van der Waals surface area contributed by atoms with Crippen LogP contribution in [0.5, 0.6) is 0 Å². The van der Waals surface area contributed by atoms with E-state index in [1.54, 1.807) is 0 Å². The summed E-state index contributed by atoms with van der Waals surface area (Å²) in [5.41, 5.74) is 0. The molecule has 1 unspecified atom stereocenters. The van der Waals surface area contributed by atoms with Crippen LogP contribution in [0, 0.1) is 0 Å². The third kappa shape index (κ3) is 8.63. The summed E-state index contributed by atoms with van der Waals surface area (Å²) >= 11 is 0. The maximum absolute atomic E-state index is 13.3. The first-order valence-electron chi connectivity index (χ1n) is 7.73. The SMILES string of the molecule is C[N+](C)(CCCN(CC(=O)O)S(=O)(=O)C(F)(F)C(F)(F)F)CC(O)CS(=O)(=O)O. The lowest BCUT2D eigenvalue weighted by molar-refractivity contribution is -0.893. The highest BCUT2D eigenvalue weighted by Crippen LogP contribution is 2.41. The number of hydrogen-bond acceptors (Lipinski definition) is 6. The molecule has 0 radical (unpaired) electrons. The van der Waals surface area contributed by atoms with Crippen LogP contribution in [0.1, 0.15) is 6.42 Å². The molecule has 0 bridgehead atoms. The molecule has 0 aromatic heterocycles. The monoisotopic (exact) mass is 481 g/mol. The zero-order valence-electron chi connectivity index (χ0n) is 15.3. The molecule has 0 aliphatic carbocycles. The fourth-order valence-corrected chi connectivity index (χ4v) is 4.23. The number of carbonyl (C=O) groups is 1. The molecule has 29 heavy (non-hydrogen) atoms. The fourth-order valence-electron chi connectivity index (χ4n) is 2.38. The highest BCUT2D eigenvalue weighted by atomic mass is 32.2. The summed E-state index contributed by atoms with van der Waals surface area (Å²) in [4.78, 5) is 10.7. The number of aliphatic hydroxyl groups is 1. The van der Waals surface area contributed by atoms with Crippen molar-refractivity contribution in [3.63, 3.8) is 0 Å². The Morgan fingerprint density at radius 3 is 1.97 bits per heavy atom. The number of quaternary nitrogens is 1. The van der Waals surface area contributed by atoms with Crippen molar-refractivity contribution in [1.82, 2.24) is 4.31 Å². The Morgan fingerprint density at radius 2 is 1.59 bits per heavy atom. The van der Waals surface area contributed by atoms with Crippen LogP contribution >= 0.6 is 0 Å².